The van der Waals surface area contributed by atoms with Gasteiger partial charge in [-0.15, -0.1) is 0 Å². The quantitative estimate of drug-likeness (QED) is 0.886. The number of thiophene rings is 1. The first-order chi connectivity index (χ1) is 10.0. The largest absolute Gasteiger partial charge is 0.360 e. The number of aryl methyl sites for hydroxylation is 2. The molecular weight excluding hydrogens is 290 g/mol. The van der Waals surface area contributed by atoms with Gasteiger partial charge in [-0.2, -0.15) is 11.3 Å². The van der Waals surface area contributed by atoms with E-state index in [-0.39, 0.29) is 18.4 Å². The lowest BCUT2D eigenvalue weighted by atomic mass is 10.2. The highest BCUT2D eigenvalue weighted by Crippen LogP contribution is 2.10. The molecule has 7 heteroatoms. The first-order valence-electron chi connectivity index (χ1n) is 6.53. The van der Waals surface area contributed by atoms with Gasteiger partial charge in [0.1, 0.15) is 5.76 Å². The molecule has 0 radical (unpaired) electrons. The third-order valence-electron chi connectivity index (χ3n) is 2.91. The number of hydrogen-bond acceptors (Lipinski definition) is 5. The number of nitrogens with one attached hydrogen (secondary N) is 1. The minimum Gasteiger partial charge on any atom is -0.360 e. The average molecular weight is 307 g/mol. The van der Waals surface area contributed by atoms with Crippen molar-refractivity contribution in [1.29, 1.82) is 0 Å². The molecule has 0 aliphatic rings. The van der Waals surface area contributed by atoms with Crippen LogP contribution in [0.4, 0.5) is 5.82 Å². The highest BCUT2D eigenvalue weighted by atomic mass is 32.1. The standard InChI is InChI=1S/C14H17N3O3S/c1-10-7-12(16-20-10)15-13(18)8-17(2)14(19)4-3-11-5-6-21-9-11/h5-7,9H,3-4,8H2,1-2H3,(H,15,16,18). The molecule has 0 aliphatic carbocycles. The van der Waals surface area contributed by atoms with E-state index in [0.29, 0.717) is 24.4 Å². The topological polar surface area (TPSA) is 75.4 Å². The summed E-state index contributed by atoms with van der Waals surface area (Å²) in [5, 5.41) is 10.3. The van der Waals surface area contributed by atoms with Gasteiger partial charge in [-0.1, -0.05) is 5.16 Å². The zero-order chi connectivity index (χ0) is 15.2. The Hall–Kier alpha value is -2.15. The van der Waals surface area contributed by atoms with E-state index in [2.05, 4.69) is 10.5 Å². The summed E-state index contributed by atoms with van der Waals surface area (Å²) < 4.78 is 4.85. The van der Waals surface area contributed by atoms with Crippen LogP contribution in [-0.2, 0) is 16.0 Å². The summed E-state index contributed by atoms with van der Waals surface area (Å²) in [6.45, 7) is 1.73. The summed E-state index contributed by atoms with van der Waals surface area (Å²) in [4.78, 5) is 25.1. The van der Waals surface area contributed by atoms with Crippen molar-refractivity contribution in [2.24, 2.45) is 0 Å². The van der Waals surface area contributed by atoms with Crippen molar-refractivity contribution in [2.45, 2.75) is 19.8 Å². The molecule has 0 saturated heterocycles. The van der Waals surface area contributed by atoms with Crippen LogP contribution in [0.2, 0.25) is 0 Å². The fraction of sp³-hybridized carbons (Fsp3) is 0.357. The zero-order valence-electron chi connectivity index (χ0n) is 12.0. The second kappa shape index (κ2) is 7.03. The number of likely N-dealkylation sites (N-methyl/N-ethyl adjacent to an activating group) is 1. The monoisotopic (exact) mass is 307 g/mol. The van der Waals surface area contributed by atoms with E-state index in [4.69, 9.17) is 4.52 Å². The predicted molar refractivity (Wildman–Crippen MR) is 80.1 cm³/mol. The summed E-state index contributed by atoms with van der Waals surface area (Å²) in [5.74, 6) is 0.615. The lowest BCUT2D eigenvalue weighted by molar-refractivity contribution is -0.133. The summed E-state index contributed by atoms with van der Waals surface area (Å²) in [6, 6.07) is 3.62. The van der Waals surface area contributed by atoms with Gasteiger partial charge in [0.2, 0.25) is 11.8 Å². The summed E-state index contributed by atoms with van der Waals surface area (Å²) in [6.07, 6.45) is 1.08. The van der Waals surface area contributed by atoms with Crippen molar-refractivity contribution in [3.8, 4) is 0 Å². The van der Waals surface area contributed by atoms with E-state index >= 15 is 0 Å². The Bertz CT molecular complexity index is 607. The number of carbonyl (C=O) groups is 2. The molecule has 6 nitrogen and oxygen atoms in total. The van der Waals surface area contributed by atoms with Crippen LogP contribution in [0.3, 0.4) is 0 Å². The average Bonchev–Trinajstić information content (AvgIpc) is 3.07. The van der Waals surface area contributed by atoms with Crippen LogP contribution in [0.25, 0.3) is 0 Å². The molecule has 0 bridgehead atoms. The Morgan fingerprint density at radius 1 is 1.48 bits per heavy atom. The van der Waals surface area contributed by atoms with E-state index in [1.54, 1.807) is 31.4 Å². The first-order valence-corrected chi connectivity index (χ1v) is 7.47. The van der Waals surface area contributed by atoms with Gasteiger partial charge < -0.3 is 14.7 Å². The first kappa shape index (κ1) is 15.2. The number of amides is 2. The highest BCUT2D eigenvalue weighted by molar-refractivity contribution is 7.07. The third-order valence-corrected chi connectivity index (χ3v) is 3.64. The minimum absolute atomic E-state index is 0.00558. The molecular formula is C14H17N3O3S. The van der Waals surface area contributed by atoms with Gasteiger partial charge in [-0.05, 0) is 35.7 Å². The van der Waals surface area contributed by atoms with Gasteiger partial charge in [-0.3, -0.25) is 9.59 Å². The van der Waals surface area contributed by atoms with Gasteiger partial charge in [0, 0.05) is 19.5 Å². The second-order valence-corrected chi connectivity index (χ2v) is 5.53. The summed E-state index contributed by atoms with van der Waals surface area (Å²) in [5.41, 5.74) is 1.14. The van der Waals surface area contributed by atoms with Gasteiger partial charge >= 0.3 is 0 Å². The van der Waals surface area contributed by atoms with Gasteiger partial charge in [0.25, 0.3) is 0 Å². The Morgan fingerprint density at radius 2 is 2.29 bits per heavy atom. The molecule has 2 rings (SSSR count). The number of nitrogens with zero attached hydrogens (tertiary/aromatic N) is 2. The van der Waals surface area contributed by atoms with Crippen LogP contribution in [0.15, 0.2) is 27.4 Å². The molecule has 21 heavy (non-hydrogen) atoms. The number of aromatic nitrogens is 1. The fourth-order valence-electron chi connectivity index (χ4n) is 1.79. The molecule has 2 aromatic heterocycles. The molecule has 0 aromatic carbocycles. The maximum atomic E-state index is 11.9. The van der Waals surface area contributed by atoms with Crippen molar-refractivity contribution in [1.82, 2.24) is 10.1 Å². The Labute approximate surface area is 126 Å². The molecule has 0 spiro atoms. The number of hydrogen-bond donors (Lipinski definition) is 1. The van der Waals surface area contributed by atoms with E-state index in [0.717, 1.165) is 5.56 Å². The van der Waals surface area contributed by atoms with Crippen LogP contribution < -0.4 is 5.32 Å². The van der Waals surface area contributed by atoms with E-state index in [1.165, 1.54) is 4.90 Å². The molecule has 0 atom stereocenters. The lowest BCUT2D eigenvalue weighted by Crippen LogP contribution is -2.35. The molecule has 0 aliphatic heterocycles. The molecule has 112 valence electrons. The Balaban J connectivity index is 1.75. The summed E-state index contributed by atoms with van der Waals surface area (Å²) >= 11 is 1.61. The highest BCUT2D eigenvalue weighted by Gasteiger charge is 2.14. The molecule has 1 N–H and O–H groups in total. The second-order valence-electron chi connectivity index (χ2n) is 4.75. The van der Waals surface area contributed by atoms with Gasteiger partial charge in [0.15, 0.2) is 5.82 Å². The Morgan fingerprint density at radius 3 is 2.90 bits per heavy atom. The van der Waals surface area contributed by atoms with Crippen LogP contribution in [0, 0.1) is 6.92 Å². The van der Waals surface area contributed by atoms with E-state index < -0.39 is 0 Å². The van der Waals surface area contributed by atoms with Crippen LogP contribution in [0.1, 0.15) is 17.7 Å². The minimum atomic E-state index is -0.297. The fourth-order valence-corrected chi connectivity index (χ4v) is 2.49. The van der Waals surface area contributed by atoms with Crippen molar-refractivity contribution in [3.05, 3.63) is 34.2 Å². The smallest absolute Gasteiger partial charge is 0.245 e. The van der Waals surface area contributed by atoms with E-state index in [9.17, 15) is 9.59 Å². The van der Waals surface area contributed by atoms with Crippen LogP contribution in [-0.4, -0.2) is 35.5 Å². The zero-order valence-corrected chi connectivity index (χ0v) is 12.8. The SMILES string of the molecule is Cc1cc(NC(=O)CN(C)C(=O)CCc2ccsc2)no1. The maximum Gasteiger partial charge on any atom is 0.245 e. The van der Waals surface area contributed by atoms with Crippen molar-refractivity contribution in [3.63, 3.8) is 0 Å². The Kier molecular flexibility index (Phi) is 5.10. The molecule has 2 amide bonds. The molecule has 2 heterocycles. The molecule has 2 aromatic rings. The van der Waals surface area contributed by atoms with Crippen molar-refractivity contribution < 1.29 is 14.1 Å². The van der Waals surface area contributed by atoms with E-state index in [1.807, 2.05) is 16.8 Å². The molecule has 0 fully saturated rings. The normalized spacial score (nSPS) is 10.4. The van der Waals surface area contributed by atoms with Gasteiger partial charge in [-0.25, -0.2) is 0 Å². The maximum absolute atomic E-state index is 11.9. The molecule has 0 unspecified atom stereocenters. The molecule has 0 saturated carbocycles. The van der Waals surface area contributed by atoms with Crippen LogP contribution >= 0.6 is 11.3 Å². The number of anilines is 1. The summed E-state index contributed by atoms with van der Waals surface area (Å²) in [7, 11) is 1.61. The predicted octanol–water partition coefficient (Wildman–Crippen LogP) is 2.07. The van der Waals surface area contributed by atoms with Gasteiger partial charge in [0.05, 0.1) is 6.54 Å². The lowest BCUT2D eigenvalue weighted by Gasteiger charge is -2.16. The number of rotatable bonds is 6. The number of carbonyl (C=O) groups excluding carboxylic acids is 2. The van der Waals surface area contributed by atoms with Crippen molar-refractivity contribution >= 4 is 29.0 Å². The third kappa shape index (κ3) is 4.71. The van der Waals surface area contributed by atoms with Crippen LogP contribution in [0.5, 0.6) is 0 Å². The van der Waals surface area contributed by atoms with Crippen molar-refractivity contribution in [2.75, 3.05) is 18.9 Å².